The number of rotatable bonds is 4. The maximum atomic E-state index is 12.2. The van der Waals surface area contributed by atoms with Crippen molar-refractivity contribution >= 4 is 45.0 Å². The molecule has 0 bridgehead atoms. The molecule has 2 amide bonds. The van der Waals surface area contributed by atoms with Crippen LogP contribution in [0.4, 0.5) is 10.5 Å². The van der Waals surface area contributed by atoms with Gasteiger partial charge in [-0.3, -0.25) is 0 Å². The molecule has 1 aromatic carbocycles. The molecule has 0 radical (unpaired) electrons. The van der Waals surface area contributed by atoms with E-state index in [1.165, 1.54) is 7.11 Å². The maximum absolute atomic E-state index is 12.2. The van der Waals surface area contributed by atoms with Crippen molar-refractivity contribution in [2.75, 3.05) is 19.5 Å². The van der Waals surface area contributed by atoms with E-state index in [1.807, 2.05) is 12.1 Å². The van der Waals surface area contributed by atoms with E-state index in [-0.39, 0.29) is 6.03 Å². The van der Waals surface area contributed by atoms with Gasteiger partial charge >= 0.3 is 12.0 Å². The molecule has 0 atom stereocenters. The third-order valence-electron chi connectivity index (χ3n) is 2.94. The van der Waals surface area contributed by atoms with E-state index in [9.17, 15) is 9.59 Å². The third-order valence-corrected chi connectivity index (χ3v) is 4.55. The highest BCUT2D eigenvalue weighted by molar-refractivity contribution is 9.11. The van der Waals surface area contributed by atoms with E-state index >= 15 is 0 Å². The van der Waals surface area contributed by atoms with Gasteiger partial charge in [-0.25, -0.2) is 9.59 Å². The van der Waals surface area contributed by atoms with Crippen molar-refractivity contribution in [3.63, 3.8) is 0 Å². The number of anilines is 1. The number of hydrogen-bond acceptors (Lipinski definition) is 4. The minimum absolute atomic E-state index is 0.291. The van der Waals surface area contributed by atoms with E-state index in [4.69, 9.17) is 4.74 Å². The highest BCUT2D eigenvalue weighted by atomic mass is 79.9. The molecule has 1 heterocycles. The molecule has 5 nitrogen and oxygen atoms in total. The molecule has 22 heavy (non-hydrogen) atoms. The van der Waals surface area contributed by atoms with E-state index in [2.05, 4.69) is 21.2 Å². The van der Waals surface area contributed by atoms with Crippen LogP contribution in [0.3, 0.4) is 0 Å². The smallest absolute Gasteiger partial charge is 0.339 e. The van der Waals surface area contributed by atoms with Gasteiger partial charge in [0, 0.05) is 11.9 Å². The Balaban J connectivity index is 2.07. The number of nitrogens with one attached hydrogen (secondary N) is 1. The second-order valence-corrected chi connectivity index (χ2v) is 7.08. The van der Waals surface area contributed by atoms with Gasteiger partial charge in [-0.15, -0.1) is 11.3 Å². The van der Waals surface area contributed by atoms with Crippen LogP contribution in [0.2, 0.25) is 0 Å². The van der Waals surface area contributed by atoms with Crippen molar-refractivity contribution in [2.45, 2.75) is 6.54 Å². The lowest BCUT2D eigenvalue weighted by atomic mass is 10.2. The fourth-order valence-corrected chi connectivity index (χ4v) is 3.37. The van der Waals surface area contributed by atoms with E-state index in [0.717, 1.165) is 8.66 Å². The fourth-order valence-electron chi connectivity index (χ4n) is 1.83. The number of urea groups is 1. The lowest BCUT2D eigenvalue weighted by Gasteiger charge is -2.18. The van der Waals surface area contributed by atoms with Gasteiger partial charge in [-0.1, -0.05) is 12.1 Å². The quantitative estimate of drug-likeness (QED) is 0.814. The summed E-state index contributed by atoms with van der Waals surface area (Å²) in [6, 6.07) is 10.4. The number of amides is 2. The van der Waals surface area contributed by atoms with Crippen molar-refractivity contribution in [1.82, 2.24) is 4.90 Å². The number of carbonyl (C=O) groups excluding carboxylic acids is 2. The molecule has 0 aliphatic heterocycles. The Bertz CT molecular complexity index is 687. The van der Waals surface area contributed by atoms with Crippen molar-refractivity contribution in [1.29, 1.82) is 0 Å². The lowest BCUT2D eigenvalue weighted by molar-refractivity contribution is 0.0602. The number of benzene rings is 1. The first-order valence-corrected chi connectivity index (χ1v) is 8.06. The van der Waals surface area contributed by atoms with Crippen molar-refractivity contribution in [2.24, 2.45) is 0 Å². The van der Waals surface area contributed by atoms with Gasteiger partial charge in [0.15, 0.2) is 0 Å². The van der Waals surface area contributed by atoms with Crippen LogP contribution in [0.5, 0.6) is 0 Å². The molecule has 1 N–H and O–H groups in total. The Labute approximate surface area is 141 Å². The average Bonchev–Trinajstić information content (AvgIpc) is 2.92. The number of thiophene rings is 1. The molecule has 116 valence electrons. The van der Waals surface area contributed by atoms with Gasteiger partial charge < -0.3 is 15.0 Å². The van der Waals surface area contributed by atoms with Gasteiger partial charge in [-0.05, 0) is 40.2 Å². The SMILES string of the molecule is COC(=O)c1ccccc1NC(=O)N(C)Cc1ccc(Br)s1. The predicted molar refractivity (Wildman–Crippen MR) is 90.3 cm³/mol. The third kappa shape index (κ3) is 4.08. The van der Waals surface area contributed by atoms with E-state index in [1.54, 1.807) is 47.5 Å². The molecule has 1 aromatic heterocycles. The van der Waals surface area contributed by atoms with Gasteiger partial charge in [0.25, 0.3) is 0 Å². The number of nitrogens with zero attached hydrogens (tertiary/aromatic N) is 1. The summed E-state index contributed by atoms with van der Waals surface area (Å²) in [5.74, 6) is -0.485. The number of esters is 1. The summed E-state index contributed by atoms with van der Waals surface area (Å²) in [6.45, 7) is 0.489. The summed E-state index contributed by atoms with van der Waals surface area (Å²) in [4.78, 5) is 26.5. The number of halogens is 1. The summed E-state index contributed by atoms with van der Waals surface area (Å²) < 4.78 is 5.73. The van der Waals surface area contributed by atoms with Crippen LogP contribution in [0, 0.1) is 0 Å². The Morgan fingerprint density at radius 3 is 2.64 bits per heavy atom. The zero-order valence-corrected chi connectivity index (χ0v) is 14.5. The Kier molecular flexibility index (Phi) is 5.57. The van der Waals surface area contributed by atoms with E-state index < -0.39 is 5.97 Å². The predicted octanol–water partition coefficient (Wildman–Crippen LogP) is 3.96. The second kappa shape index (κ2) is 7.42. The number of carbonyl (C=O) groups is 2. The maximum Gasteiger partial charge on any atom is 0.339 e. The van der Waals surface area contributed by atoms with Crippen molar-refractivity contribution in [3.05, 3.63) is 50.6 Å². The Morgan fingerprint density at radius 1 is 1.27 bits per heavy atom. The van der Waals surface area contributed by atoms with Crippen LogP contribution in [0.1, 0.15) is 15.2 Å². The van der Waals surface area contributed by atoms with Crippen molar-refractivity contribution < 1.29 is 14.3 Å². The Morgan fingerprint density at radius 2 is 2.00 bits per heavy atom. The van der Waals surface area contributed by atoms with Crippen LogP contribution in [-0.4, -0.2) is 31.1 Å². The van der Waals surface area contributed by atoms with Crippen LogP contribution in [0.25, 0.3) is 0 Å². The van der Waals surface area contributed by atoms with E-state index in [0.29, 0.717) is 17.8 Å². The largest absolute Gasteiger partial charge is 0.465 e. The standard InChI is InChI=1S/C15H15BrN2O3S/c1-18(9-10-7-8-13(16)22-10)15(20)17-12-6-4-3-5-11(12)14(19)21-2/h3-8H,9H2,1-2H3,(H,17,20). The van der Waals surface area contributed by atoms with Crippen LogP contribution in [0.15, 0.2) is 40.2 Å². The molecule has 0 aliphatic rings. The zero-order chi connectivity index (χ0) is 16.1. The summed E-state index contributed by atoms with van der Waals surface area (Å²) >= 11 is 4.97. The number of methoxy groups -OCH3 is 1. The zero-order valence-electron chi connectivity index (χ0n) is 12.1. The molecule has 2 aromatic rings. The molecule has 0 saturated heterocycles. The molecule has 0 spiro atoms. The minimum atomic E-state index is -0.485. The van der Waals surface area contributed by atoms with Crippen LogP contribution < -0.4 is 5.32 Å². The van der Waals surface area contributed by atoms with Crippen LogP contribution >= 0.6 is 27.3 Å². The summed E-state index contributed by atoms with van der Waals surface area (Å²) in [5, 5.41) is 2.73. The molecule has 0 unspecified atom stereocenters. The van der Waals surface area contributed by atoms with Gasteiger partial charge in [0.2, 0.25) is 0 Å². The minimum Gasteiger partial charge on any atom is -0.465 e. The topological polar surface area (TPSA) is 58.6 Å². The summed E-state index contributed by atoms with van der Waals surface area (Å²) in [6.07, 6.45) is 0. The lowest BCUT2D eigenvalue weighted by Crippen LogP contribution is -2.31. The molecular weight excluding hydrogens is 368 g/mol. The van der Waals surface area contributed by atoms with Gasteiger partial charge in [0.1, 0.15) is 0 Å². The normalized spacial score (nSPS) is 10.1. The second-order valence-electron chi connectivity index (χ2n) is 4.53. The number of para-hydroxylation sites is 1. The number of hydrogen-bond donors (Lipinski definition) is 1. The summed E-state index contributed by atoms with van der Waals surface area (Å²) in [7, 11) is 3.01. The monoisotopic (exact) mass is 382 g/mol. The first-order valence-electron chi connectivity index (χ1n) is 6.45. The molecule has 0 aliphatic carbocycles. The molecule has 2 rings (SSSR count). The molecule has 0 saturated carbocycles. The summed E-state index contributed by atoms with van der Waals surface area (Å²) in [5.41, 5.74) is 0.754. The first kappa shape index (κ1) is 16.5. The van der Waals surface area contributed by atoms with Crippen molar-refractivity contribution in [3.8, 4) is 0 Å². The first-order chi connectivity index (χ1) is 10.5. The van der Waals surface area contributed by atoms with Gasteiger partial charge in [0.05, 0.1) is 28.7 Å². The van der Waals surface area contributed by atoms with Crippen LogP contribution in [-0.2, 0) is 11.3 Å². The Hall–Kier alpha value is -1.86. The average molecular weight is 383 g/mol. The number of ether oxygens (including phenoxy) is 1. The highest BCUT2D eigenvalue weighted by Crippen LogP contribution is 2.23. The fraction of sp³-hybridized carbons (Fsp3) is 0.200. The molecule has 7 heteroatoms. The van der Waals surface area contributed by atoms with Gasteiger partial charge in [-0.2, -0.15) is 0 Å². The molecular formula is C15H15BrN2O3S. The highest BCUT2D eigenvalue weighted by Gasteiger charge is 2.16. The molecule has 0 fully saturated rings.